The maximum atomic E-state index is 13.9. The molecular weight excluding hydrogens is 518 g/mol. The normalized spacial score (nSPS) is 14.8. The van der Waals surface area contributed by atoms with Gasteiger partial charge in [-0.05, 0) is 49.4 Å². The van der Waals surface area contributed by atoms with E-state index in [1.807, 2.05) is 38.1 Å². The van der Waals surface area contributed by atoms with Crippen molar-refractivity contribution in [3.8, 4) is 11.5 Å². The van der Waals surface area contributed by atoms with Gasteiger partial charge in [-0.15, -0.1) is 0 Å². The summed E-state index contributed by atoms with van der Waals surface area (Å²) < 4.78 is 37.5. The number of hydrogen-bond acceptors (Lipinski definition) is 6. The Labute approximate surface area is 232 Å². The number of aryl methyl sites for hydroxylation is 1. The molecule has 9 nitrogen and oxygen atoms in total. The standard InChI is InChI=1S/C29H41N3O6S/c1-6-25(29(34)30-23-14-8-7-9-15-23)31(19-22-13-11-10-12-21(22)2)28(33)20-32(39(5,35)36)24-16-17-26(37-3)27(18-24)38-4/h10-13,16-18,23,25H,6-9,14-15,19-20H2,1-5H3,(H,30,34)/t25-/m1/s1. The largest absolute Gasteiger partial charge is 0.493 e. The lowest BCUT2D eigenvalue weighted by molar-refractivity contribution is -0.140. The van der Waals surface area contributed by atoms with Gasteiger partial charge in [-0.1, -0.05) is 50.5 Å². The number of nitrogens with zero attached hydrogens (tertiary/aromatic N) is 2. The van der Waals surface area contributed by atoms with E-state index in [1.54, 1.807) is 12.1 Å². The van der Waals surface area contributed by atoms with Crippen molar-refractivity contribution in [2.24, 2.45) is 0 Å². The van der Waals surface area contributed by atoms with Gasteiger partial charge in [0.15, 0.2) is 11.5 Å². The van der Waals surface area contributed by atoms with Crippen molar-refractivity contribution in [1.29, 1.82) is 0 Å². The van der Waals surface area contributed by atoms with E-state index in [2.05, 4.69) is 5.32 Å². The second-order valence-electron chi connectivity index (χ2n) is 10.0. The summed E-state index contributed by atoms with van der Waals surface area (Å²) in [6.45, 7) is 3.54. The van der Waals surface area contributed by atoms with Crippen molar-refractivity contribution in [3.63, 3.8) is 0 Å². The minimum atomic E-state index is -3.86. The number of anilines is 1. The molecule has 1 fully saturated rings. The first-order valence-corrected chi connectivity index (χ1v) is 15.3. The number of ether oxygens (including phenoxy) is 2. The Kier molecular flexibility index (Phi) is 10.6. The summed E-state index contributed by atoms with van der Waals surface area (Å²) in [5.41, 5.74) is 2.14. The van der Waals surface area contributed by atoms with Crippen LogP contribution in [0.25, 0.3) is 0 Å². The Hall–Kier alpha value is -3.27. The van der Waals surface area contributed by atoms with Crippen LogP contribution in [0.4, 0.5) is 5.69 Å². The van der Waals surface area contributed by atoms with E-state index in [1.165, 1.54) is 31.6 Å². The number of benzene rings is 2. The van der Waals surface area contributed by atoms with E-state index < -0.39 is 28.5 Å². The van der Waals surface area contributed by atoms with Gasteiger partial charge in [-0.3, -0.25) is 13.9 Å². The molecule has 1 atom stereocenters. The minimum Gasteiger partial charge on any atom is -0.493 e. The quantitative estimate of drug-likeness (QED) is 0.421. The summed E-state index contributed by atoms with van der Waals surface area (Å²) in [7, 11) is -0.914. The summed E-state index contributed by atoms with van der Waals surface area (Å²) in [5.74, 6) is 0.103. The highest BCUT2D eigenvalue weighted by atomic mass is 32.2. The van der Waals surface area contributed by atoms with Gasteiger partial charge in [-0.2, -0.15) is 0 Å². The molecule has 39 heavy (non-hydrogen) atoms. The Balaban J connectivity index is 1.95. The summed E-state index contributed by atoms with van der Waals surface area (Å²) in [6, 6.07) is 11.7. The van der Waals surface area contributed by atoms with E-state index in [0.717, 1.165) is 47.4 Å². The fourth-order valence-corrected chi connectivity index (χ4v) is 5.87. The number of rotatable bonds is 12. The van der Waals surface area contributed by atoms with Crippen LogP contribution in [-0.4, -0.2) is 64.2 Å². The second kappa shape index (κ2) is 13.7. The van der Waals surface area contributed by atoms with Gasteiger partial charge in [0, 0.05) is 18.7 Å². The number of methoxy groups -OCH3 is 2. The maximum Gasteiger partial charge on any atom is 0.244 e. The Morgan fingerprint density at radius 1 is 1.03 bits per heavy atom. The van der Waals surface area contributed by atoms with E-state index in [0.29, 0.717) is 17.9 Å². The topological polar surface area (TPSA) is 105 Å². The lowest BCUT2D eigenvalue weighted by Gasteiger charge is -2.34. The minimum absolute atomic E-state index is 0.0926. The summed E-state index contributed by atoms with van der Waals surface area (Å²) in [4.78, 5) is 29.0. The molecule has 10 heteroatoms. The van der Waals surface area contributed by atoms with Gasteiger partial charge >= 0.3 is 0 Å². The number of hydrogen-bond donors (Lipinski definition) is 1. The van der Waals surface area contributed by atoms with E-state index in [9.17, 15) is 18.0 Å². The zero-order chi connectivity index (χ0) is 28.6. The van der Waals surface area contributed by atoms with Crippen LogP contribution in [0.3, 0.4) is 0 Å². The summed E-state index contributed by atoms with van der Waals surface area (Å²) in [6.07, 6.45) is 6.61. The molecule has 2 aromatic rings. The van der Waals surface area contributed by atoms with Crippen LogP contribution in [0.2, 0.25) is 0 Å². The number of nitrogens with one attached hydrogen (secondary N) is 1. The van der Waals surface area contributed by atoms with Crippen molar-refractivity contribution >= 4 is 27.5 Å². The van der Waals surface area contributed by atoms with Gasteiger partial charge in [0.25, 0.3) is 0 Å². The maximum absolute atomic E-state index is 13.9. The van der Waals surface area contributed by atoms with Crippen LogP contribution in [0.1, 0.15) is 56.6 Å². The first-order valence-electron chi connectivity index (χ1n) is 13.4. The van der Waals surface area contributed by atoms with Crippen LogP contribution >= 0.6 is 0 Å². The number of amides is 2. The van der Waals surface area contributed by atoms with Crippen molar-refractivity contribution in [2.75, 3.05) is 31.3 Å². The predicted molar refractivity (Wildman–Crippen MR) is 153 cm³/mol. The Bertz CT molecular complexity index is 1240. The molecular formula is C29H41N3O6S. The van der Waals surface area contributed by atoms with E-state index in [-0.39, 0.29) is 24.2 Å². The van der Waals surface area contributed by atoms with Gasteiger partial charge in [0.2, 0.25) is 21.8 Å². The zero-order valence-electron chi connectivity index (χ0n) is 23.6. The molecule has 1 saturated carbocycles. The molecule has 214 valence electrons. The first kappa shape index (κ1) is 30.3. The average molecular weight is 560 g/mol. The van der Waals surface area contributed by atoms with Gasteiger partial charge in [-0.25, -0.2) is 8.42 Å². The fraction of sp³-hybridized carbons (Fsp3) is 0.517. The smallest absolute Gasteiger partial charge is 0.244 e. The third-order valence-electron chi connectivity index (χ3n) is 7.27. The molecule has 0 bridgehead atoms. The molecule has 2 amide bonds. The van der Waals surface area contributed by atoms with Crippen molar-refractivity contribution < 1.29 is 27.5 Å². The van der Waals surface area contributed by atoms with Crippen LogP contribution < -0.4 is 19.1 Å². The van der Waals surface area contributed by atoms with Crippen molar-refractivity contribution in [3.05, 3.63) is 53.6 Å². The van der Waals surface area contributed by atoms with Gasteiger partial charge in [0.05, 0.1) is 26.2 Å². The first-order chi connectivity index (χ1) is 18.6. The molecule has 0 aliphatic heterocycles. The molecule has 2 aromatic carbocycles. The van der Waals surface area contributed by atoms with Gasteiger partial charge in [0.1, 0.15) is 12.6 Å². The highest BCUT2D eigenvalue weighted by molar-refractivity contribution is 7.92. The van der Waals surface area contributed by atoms with Crippen LogP contribution in [0.15, 0.2) is 42.5 Å². The third kappa shape index (κ3) is 7.88. The molecule has 0 heterocycles. The molecule has 3 rings (SSSR count). The molecule has 0 aromatic heterocycles. The summed E-state index contributed by atoms with van der Waals surface area (Å²) >= 11 is 0. The van der Waals surface area contributed by atoms with Crippen molar-refractivity contribution in [1.82, 2.24) is 10.2 Å². The lowest BCUT2D eigenvalue weighted by atomic mass is 9.95. The number of carbonyl (C=O) groups is 2. The SMILES string of the molecule is CC[C@H](C(=O)NC1CCCCC1)N(Cc1ccccc1C)C(=O)CN(c1ccc(OC)c(OC)c1)S(C)(=O)=O. The lowest BCUT2D eigenvalue weighted by Crippen LogP contribution is -2.54. The predicted octanol–water partition coefficient (Wildman–Crippen LogP) is 4.03. The summed E-state index contributed by atoms with van der Waals surface area (Å²) in [5, 5.41) is 3.15. The molecule has 0 radical (unpaired) electrons. The van der Waals surface area contributed by atoms with Crippen LogP contribution in [0.5, 0.6) is 11.5 Å². The molecule has 1 N–H and O–H groups in total. The monoisotopic (exact) mass is 559 g/mol. The van der Waals surface area contributed by atoms with Crippen LogP contribution in [0, 0.1) is 6.92 Å². The molecule has 0 unspecified atom stereocenters. The third-order valence-corrected chi connectivity index (χ3v) is 8.41. The van der Waals surface area contributed by atoms with Crippen LogP contribution in [-0.2, 0) is 26.2 Å². The number of sulfonamides is 1. The molecule has 1 aliphatic rings. The second-order valence-corrected chi connectivity index (χ2v) is 11.9. The Morgan fingerprint density at radius 2 is 1.69 bits per heavy atom. The average Bonchev–Trinajstić information content (AvgIpc) is 2.92. The zero-order valence-corrected chi connectivity index (χ0v) is 24.4. The van der Waals surface area contributed by atoms with E-state index >= 15 is 0 Å². The molecule has 1 aliphatic carbocycles. The fourth-order valence-electron chi connectivity index (χ4n) is 5.03. The Morgan fingerprint density at radius 3 is 2.28 bits per heavy atom. The molecule has 0 saturated heterocycles. The van der Waals surface area contributed by atoms with Gasteiger partial charge < -0.3 is 19.7 Å². The number of carbonyl (C=O) groups excluding carboxylic acids is 2. The van der Waals surface area contributed by atoms with Crippen molar-refractivity contribution in [2.45, 2.75) is 71.0 Å². The van der Waals surface area contributed by atoms with E-state index in [4.69, 9.17) is 9.47 Å². The highest BCUT2D eigenvalue weighted by Crippen LogP contribution is 2.32. The highest BCUT2D eigenvalue weighted by Gasteiger charge is 2.33. The molecule has 0 spiro atoms.